The summed E-state index contributed by atoms with van der Waals surface area (Å²) in [5, 5.41) is 17.1. The van der Waals surface area contributed by atoms with E-state index in [0.29, 0.717) is 41.3 Å². The number of likely N-dealkylation sites (tertiary alicyclic amines) is 1. The lowest BCUT2D eigenvalue weighted by Gasteiger charge is -2.44. The Morgan fingerprint density at radius 3 is 2.91 bits per heavy atom. The van der Waals surface area contributed by atoms with E-state index in [9.17, 15) is 9.65 Å². The molecule has 0 saturated carbocycles. The van der Waals surface area contributed by atoms with Crippen LogP contribution in [0.2, 0.25) is 0 Å². The number of anilines is 1. The van der Waals surface area contributed by atoms with Crippen LogP contribution in [-0.2, 0) is 0 Å². The van der Waals surface area contributed by atoms with Crippen LogP contribution in [0.3, 0.4) is 0 Å². The minimum atomic E-state index is -0.386. The maximum absolute atomic E-state index is 14.7. The number of nitriles is 1. The number of fused-ring (bicyclic) bond motifs is 6. The van der Waals surface area contributed by atoms with E-state index in [1.165, 1.54) is 17.1 Å². The Balaban J connectivity index is 1.18. The number of piperazine rings is 2. The van der Waals surface area contributed by atoms with Crippen LogP contribution in [0.4, 0.5) is 10.1 Å². The molecule has 0 spiro atoms. The van der Waals surface area contributed by atoms with Gasteiger partial charge in [0.2, 0.25) is 0 Å². The number of dihydropyridines is 1. The van der Waals surface area contributed by atoms with Gasteiger partial charge in [-0.1, -0.05) is 6.08 Å². The molecule has 7 rings (SSSR count). The highest BCUT2D eigenvalue weighted by atomic mass is 19.1. The molecule has 4 fully saturated rings. The number of aromatic nitrogens is 2. The van der Waals surface area contributed by atoms with Gasteiger partial charge in [0.25, 0.3) is 0 Å². The zero-order valence-corrected chi connectivity index (χ0v) is 18.6. The van der Waals surface area contributed by atoms with Gasteiger partial charge in [0.1, 0.15) is 23.1 Å². The molecule has 1 N–H and O–H groups in total. The van der Waals surface area contributed by atoms with Gasteiger partial charge in [0, 0.05) is 62.8 Å². The van der Waals surface area contributed by atoms with Crippen LogP contribution in [0.5, 0.6) is 0 Å². The molecule has 9 heteroatoms. The highest BCUT2D eigenvalue weighted by Gasteiger charge is 2.48. The van der Waals surface area contributed by atoms with Crippen molar-refractivity contribution in [2.45, 2.75) is 43.6 Å². The molecule has 0 radical (unpaired) electrons. The van der Waals surface area contributed by atoms with Crippen LogP contribution in [-0.4, -0.2) is 88.2 Å². The lowest BCUT2D eigenvalue weighted by molar-refractivity contribution is 0.155. The second kappa shape index (κ2) is 7.02. The summed E-state index contributed by atoms with van der Waals surface area (Å²) in [6, 6.07) is 7.84. The van der Waals surface area contributed by atoms with Gasteiger partial charge in [-0.2, -0.15) is 10.4 Å². The zero-order chi connectivity index (χ0) is 22.3. The Labute approximate surface area is 192 Å². The fourth-order valence-corrected chi connectivity index (χ4v) is 6.80. The molecule has 33 heavy (non-hydrogen) atoms. The first-order valence-corrected chi connectivity index (χ1v) is 11.9. The molecule has 2 unspecified atom stereocenters. The highest BCUT2D eigenvalue weighted by molar-refractivity contribution is 5.94. The minimum Gasteiger partial charge on any atom is -0.367 e. The number of aliphatic imine (C=N–C) groups is 1. The Kier molecular flexibility index (Phi) is 4.15. The smallest absolute Gasteiger partial charge is 0.171 e. The Hall–Kier alpha value is -2.96. The van der Waals surface area contributed by atoms with Crippen LogP contribution >= 0.6 is 0 Å². The van der Waals surface area contributed by atoms with Gasteiger partial charge < -0.3 is 15.1 Å². The largest absolute Gasteiger partial charge is 0.367 e. The first-order valence-electron chi connectivity index (χ1n) is 11.9. The van der Waals surface area contributed by atoms with E-state index in [1.807, 2.05) is 6.07 Å². The van der Waals surface area contributed by atoms with Gasteiger partial charge in [0.15, 0.2) is 5.82 Å². The molecule has 4 saturated heterocycles. The van der Waals surface area contributed by atoms with Crippen molar-refractivity contribution in [3.05, 3.63) is 42.0 Å². The first-order chi connectivity index (χ1) is 16.1. The fraction of sp³-hybridized carbons (Fsp3) is 0.542. The van der Waals surface area contributed by atoms with Gasteiger partial charge in [-0.05, 0) is 31.6 Å². The summed E-state index contributed by atoms with van der Waals surface area (Å²) >= 11 is 0. The van der Waals surface area contributed by atoms with Crippen LogP contribution in [0.1, 0.15) is 19.0 Å². The molecular formula is C24H27FN8. The summed E-state index contributed by atoms with van der Waals surface area (Å²) < 4.78 is 16.1. The number of hydrogen-bond donors (Lipinski definition) is 1. The number of nitrogens with one attached hydrogen (secondary N) is 1. The maximum atomic E-state index is 14.7. The van der Waals surface area contributed by atoms with E-state index in [2.05, 4.69) is 50.3 Å². The summed E-state index contributed by atoms with van der Waals surface area (Å²) in [6.07, 6.45) is 7.05. The molecule has 170 valence electrons. The fourth-order valence-electron chi connectivity index (χ4n) is 6.80. The third kappa shape index (κ3) is 2.80. The number of hydrogen-bond acceptors (Lipinski definition) is 7. The van der Waals surface area contributed by atoms with E-state index in [4.69, 9.17) is 4.99 Å². The van der Waals surface area contributed by atoms with Crippen molar-refractivity contribution < 1.29 is 4.39 Å². The van der Waals surface area contributed by atoms with Gasteiger partial charge in [-0.3, -0.25) is 9.89 Å². The van der Waals surface area contributed by atoms with Gasteiger partial charge in [-0.15, -0.1) is 0 Å². The first kappa shape index (κ1) is 19.5. The highest BCUT2D eigenvalue weighted by Crippen LogP contribution is 2.38. The van der Waals surface area contributed by atoms with Crippen molar-refractivity contribution in [2.24, 2.45) is 10.9 Å². The number of halogens is 1. The van der Waals surface area contributed by atoms with Crippen molar-refractivity contribution in [1.29, 1.82) is 5.26 Å². The Bertz CT molecular complexity index is 1230. The van der Waals surface area contributed by atoms with Gasteiger partial charge >= 0.3 is 0 Å². The van der Waals surface area contributed by atoms with Crippen molar-refractivity contribution in [2.75, 3.05) is 37.6 Å². The molecule has 8 nitrogen and oxygen atoms in total. The quantitative estimate of drug-likeness (QED) is 0.711. The lowest BCUT2D eigenvalue weighted by atomic mass is 9.92. The second-order valence-corrected chi connectivity index (χ2v) is 10.1. The van der Waals surface area contributed by atoms with Crippen LogP contribution in [0, 0.1) is 23.1 Å². The van der Waals surface area contributed by atoms with Gasteiger partial charge in [0.05, 0.1) is 17.9 Å². The molecule has 2 aromatic heterocycles. The summed E-state index contributed by atoms with van der Waals surface area (Å²) in [5.41, 5.74) is 1.54. The van der Waals surface area contributed by atoms with Gasteiger partial charge in [-0.25, -0.2) is 8.91 Å². The molecule has 0 amide bonds. The standard InChI is InChI=1S/C24H27FN8/c1-14-10-30(21-4-2-16(7-26)33-24(21)19(25)9-28-33)13-22-18-3-5-23(29-20(18)12-31(14)22)32-11-15-6-17(32)8-27-15/h2-5,9,14-15,17-18,20,22,27H,6,8,10-13H2,1H3/t14-,15+,17+,18?,20?,22-/m1/s1. The summed E-state index contributed by atoms with van der Waals surface area (Å²) in [5.74, 6) is 1.13. The van der Waals surface area contributed by atoms with E-state index >= 15 is 0 Å². The van der Waals surface area contributed by atoms with Crippen molar-refractivity contribution >= 4 is 17.0 Å². The summed E-state index contributed by atoms with van der Waals surface area (Å²) in [4.78, 5) is 12.6. The number of nitrogens with zero attached hydrogens (tertiary/aromatic N) is 7. The molecule has 2 aromatic rings. The third-order valence-corrected chi connectivity index (χ3v) is 8.34. The molecule has 2 bridgehead atoms. The normalized spacial score (nSPS) is 35.1. The predicted octanol–water partition coefficient (Wildman–Crippen LogP) is 1.24. The zero-order valence-electron chi connectivity index (χ0n) is 18.6. The molecule has 0 aromatic carbocycles. The van der Waals surface area contributed by atoms with Crippen molar-refractivity contribution in [3.63, 3.8) is 0 Å². The van der Waals surface area contributed by atoms with E-state index < -0.39 is 0 Å². The number of rotatable bonds is 1. The molecule has 6 atom stereocenters. The summed E-state index contributed by atoms with van der Waals surface area (Å²) in [7, 11) is 0. The monoisotopic (exact) mass is 446 g/mol. The van der Waals surface area contributed by atoms with E-state index in [1.54, 1.807) is 6.07 Å². The van der Waals surface area contributed by atoms with Crippen LogP contribution in [0.15, 0.2) is 35.5 Å². The summed E-state index contributed by atoms with van der Waals surface area (Å²) in [6.45, 7) is 6.98. The van der Waals surface area contributed by atoms with Crippen molar-refractivity contribution in [1.82, 2.24) is 24.7 Å². The molecule has 5 aliphatic rings. The van der Waals surface area contributed by atoms with E-state index in [0.717, 1.165) is 44.2 Å². The maximum Gasteiger partial charge on any atom is 0.171 e. The topological polar surface area (TPSA) is 75.2 Å². The lowest BCUT2D eigenvalue weighted by Crippen LogP contribution is -2.56. The Morgan fingerprint density at radius 1 is 1.21 bits per heavy atom. The average Bonchev–Trinajstić information content (AvgIpc) is 3.61. The SMILES string of the molecule is C[C@@H]1CN(c2ccc(C#N)n3ncc(F)c23)C[C@@H]2C3C=CC(N4C[C@@H]5C[C@H]4CN5)=NC3CN12. The van der Waals surface area contributed by atoms with Crippen LogP contribution in [0.25, 0.3) is 5.52 Å². The number of amidine groups is 1. The number of pyridine rings is 1. The van der Waals surface area contributed by atoms with Crippen LogP contribution < -0.4 is 10.2 Å². The molecular weight excluding hydrogens is 419 g/mol. The third-order valence-electron chi connectivity index (χ3n) is 8.34. The van der Waals surface area contributed by atoms with Crippen molar-refractivity contribution in [3.8, 4) is 6.07 Å². The second-order valence-electron chi connectivity index (χ2n) is 10.1. The molecule has 5 aliphatic heterocycles. The Morgan fingerprint density at radius 2 is 2.12 bits per heavy atom. The minimum absolute atomic E-state index is 0.275. The predicted molar refractivity (Wildman–Crippen MR) is 123 cm³/mol. The van der Waals surface area contributed by atoms with E-state index in [-0.39, 0.29) is 11.9 Å². The molecule has 0 aliphatic carbocycles. The average molecular weight is 447 g/mol. The molecule has 7 heterocycles.